The molecule has 0 fully saturated rings. The standard InChI is InChI=1S/C80H62N2O4S4/c1-83-67-37-29-63(30-38-67)81(64-31-39-68(84-2)40-32-64)61-25-21-59(22-26-61)75-49-79-77(89-75)47-73(87-79)57-17-13-55(14-18-57)71-45-51-5-9-53(71)11-7-52-6-10-54(12-8-51)72(46-52)56-15-19-58(20-16-56)74-48-78-80(88-74)50-76(90-78)60-23-27-62(28-24-60)82(65-33-41-69(85-3)42-34-65)66-35-43-70(86-4)44-36-66/h5-6,9-10,13-50H,7-8,11-12H2,1-4H3. The van der Waals surface area contributed by atoms with Gasteiger partial charge in [0.2, 0.25) is 0 Å². The lowest BCUT2D eigenvalue weighted by Gasteiger charge is -2.26. The highest BCUT2D eigenvalue weighted by atomic mass is 32.1. The van der Waals surface area contributed by atoms with Crippen LogP contribution in [0.4, 0.5) is 34.1 Å². The summed E-state index contributed by atoms with van der Waals surface area (Å²) in [7, 11) is 6.79. The summed E-state index contributed by atoms with van der Waals surface area (Å²) in [4.78, 5) is 9.64. The van der Waals surface area contributed by atoms with Crippen LogP contribution in [0.2, 0.25) is 0 Å². The van der Waals surface area contributed by atoms with Gasteiger partial charge in [-0.15, -0.1) is 45.3 Å². The molecule has 0 saturated heterocycles. The van der Waals surface area contributed by atoms with Gasteiger partial charge in [0, 0.05) is 72.4 Å². The first kappa shape index (κ1) is 56.8. The summed E-state index contributed by atoms with van der Waals surface area (Å²) in [5.74, 6) is 3.30. The van der Waals surface area contributed by atoms with E-state index in [2.05, 4.69) is 216 Å². The van der Waals surface area contributed by atoms with Crippen molar-refractivity contribution < 1.29 is 18.9 Å². The van der Waals surface area contributed by atoms with E-state index < -0.39 is 0 Å². The summed E-state index contributed by atoms with van der Waals surface area (Å²) in [5, 5.41) is 0. The second-order valence-corrected chi connectivity index (χ2v) is 26.9. The third-order valence-electron chi connectivity index (χ3n) is 17.2. The molecule has 4 aliphatic rings. The molecule has 14 aromatic rings. The Morgan fingerprint density at radius 3 is 0.733 bits per heavy atom. The molecule has 4 bridgehead atoms. The third kappa shape index (κ3) is 11.4. The maximum absolute atomic E-state index is 5.47. The molecular weight excluding hydrogens is 1180 g/mol. The molecular formula is C80H62N2O4S4. The third-order valence-corrected chi connectivity index (χ3v) is 22.0. The number of thiophene rings is 4. The average molecular weight is 1240 g/mol. The molecule has 90 heavy (non-hydrogen) atoms. The highest BCUT2D eigenvalue weighted by molar-refractivity contribution is 7.31. The first-order valence-corrected chi connectivity index (χ1v) is 33.5. The molecule has 0 N–H and O–H groups in total. The number of benzene rings is 10. The number of ether oxygens (including phenoxy) is 4. The van der Waals surface area contributed by atoms with Gasteiger partial charge in [-0.05, 0) is 238 Å². The van der Waals surface area contributed by atoms with Crippen molar-refractivity contribution in [3.63, 3.8) is 0 Å². The van der Waals surface area contributed by atoms with Crippen LogP contribution in [-0.2, 0) is 25.7 Å². The molecule has 0 atom stereocenters. The lowest BCUT2D eigenvalue weighted by Crippen LogP contribution is -2.09. The molecule has 18 rings (SSSR count). The summed E-state index contributed by atoms with van der Waals surface area (Å²) in [6, 6.07) is 93.0. The van der Waals surface area contributed by atoms with Crippen LogP contribution in [-0.4, -0.2) is 28.4 Å². The number of anilines is 6. The van der Waals surface area contributed by atoms with Crippen molar-refractivity contribution in [3.05, 3.63) is 277 Å². The Kier molecular flexibility index (Phi) is 15.6. The second kappa shape index (κ2) is 24.7. The predicted molar refractivity (Wildman–Crippen MR) is 382 cm³/mol. The van der Waals surface area contributed by atoms with Crippen LogP contribution in [0.1, 0.15) is 22.3 Å². The Morgan fingerprint density at radius 1 is 0.244 bits per heavy atom. The van der Waals surface area contributed by atoms with Crippen molar-refractivity contribution in [2.45, 2.75) is 25.7 Å². The molecule has 0 radical (unpaired) electrons. The average Bonchev–Trinajstić information content (AvgIpc) is 1.81. The predicted octanol–water partition coefficient (Wildman–Crippen LogP) is 23.1. The van der Waals surface area contributed by atoms with E-state index in [0.717, 1.165) is 82.8 Å². The van der Waals surface area contributed by atoms with E-state index in [1.54, 1.807) is 28.4 Å². The number of hydrogen-bond donors (Lipinski definition) is 0. The molecule has 0 spiro atoms. The topological polar surface area (TPSA) is 43.4 Å². The molecule has 0 unspecified atom stereocenters. The molecule has 0 aliphatic heterocycles. The minimum absolute atomic E-state index is 0.826. The first-order valence-electron chi connectivity index (χ1n) is 30.2. The number of fused-ring (bicyclic) bond motifs is 2. The molecule has 10 heteroatoms. The van der Waals surface area contributed by atoms with Crippen molar-refractivity contribution in [2.24, 2.45) is 0 Å². The Bertz CT molecular complexity index is 4360. The van der Waals surface area contributed by atoms with E-state index in [4.69, 9.17) is 18.9 Å². The fourth-order valence-electron chi connectivity index (χ4n) is 12.3. The smallest absolute Gasteiger partial charge is 0.119 e. The highest BCUT2D eigenvalue weighted by Gasteiger charge is 2.20. The first-order chi connectivity index (χ1) is 44.3. The lowest BCUT2D eigenvalue weighted by atomic mass is 9.87. The van der Waals surface area contributed by atoms with Crippen molar-refractivity contribution in [1.82, 2.24) is 0 Å². The van der Waals surface area contributed by atoms with Gasteiger partial charge in [0.1, 0.15) is 23.0 Å². The largest absolute Gasteiger partial charge is 0.497 e. The molecule has 0 saturated carbocycles. The van der Waals surface area contributed by atoms with Crippen molar-refractivity contribution in [2.75, 3.05) is 38.2 Å². The van der Waals surface area contributed by atoms with Crippen molar-refractivity contribution in [3.8, 4) is 87.0 Å². The van der Waals surface area contributed by atoms with Crippen LogP contribution in [0.25, 0.3) is 82.8 Å². The van der Waals surface area contributed by atoms with Crippen molar-refractivity contribution >= 4 is 98.3 Å². The summed E-state index contributed by atoms with van der Waals surface area (Å²) >= 11 is 7.47. The zero-order valence-electron chi connectivity index (χ0n) is 50.2. The van der Waals surface area contributed by atoms with Gasteiger partial charge in [-0.1, -0.05) is 109 Å². The maximum atomic E-state index is 5.47. The van der Waals surface area contributed by atoms with Crippen LogP contribution in [0.15, 0.2) is 255 Å². The minimum atomic E-state index is 0.826. The fourth-order valence-corrected chi connectivity index (χ4v) is 17.1. The van der Waals surface area contributed by atoms with Crippen LogP contribution in [0.3, 0.4) is 0 Å². The van der Waals surface area contributed by atoms with E-state index in [1.807, 2.05) is 93.9 Å². The Labute approximate surface area is 541 Å². The minimum Gasteiger partial charge on any atom is -0.497 e. The Balaban J connectivity index is 0.609. The van der Waals surface area contributed by atoms with E-state index in [9.17, 15) is 0 Å². The molecule has 4 aromatic heterocycles. The summed E-state index contributed by atoms with van der Waals surface area (Å²) in [5.41, 5.74) is 22.1. The van der Waals surface area contributed by atoms with Gasteiger partial charge >= 0.3 is 0 Å². The van der Waals surface area contributed by atoms with Crippen LogP contribution in [0.5, 0.6) is 23.0 Å². The van der Waals surface area contributed by atoms with Gasteiger partial charge in [0.25, 0.3) is 0 Å². The molecule has 0 amide bonds. The Morgan fingerprint density at radius 2 is 0.478 bits per heavy atom. The molecule has 4 heterocycles. The van der Waals surface area contributed by atoms with Gasteiger partial charge in [-0.25, -0.2) is 0 Å². The molecule has 4 aliphatic carbocycles. The van der Waals surface area contributed by atoms with Gasteiger partial charge < -0.3 is 28.7 Å². The Hall–Kier alpha value is -9.68. The number of nitrogens with zero attached hydrogens (tertiary/aromatic N) is 2. The van der Waals surface area contributed by atoms with Gasteiger partial charge in [0.15, 0.2) is 0 Å². The quantitative estimate of drug-likeness (QED) is 0.0961. The van der Waals surface area contributed by atoms with E-state index in [1.165, 1.54) is 105 Å². The normalized spacial score (nSPS) is 12.0. The SMILES string of the molecule is COc1ccc(N(c2ccc(OC)cc2)c2ccc(-c3cc4sc(-c5ccc(-c6cc7ccc6CCc6ccc(c(-c8ccc(-c9cc%10sc(-c%11ccc(N(c%12ccc(OC)cc%12)c%12ccc(OC)cc%12)cc%11)cc%10s9)cc8)c6)CC7)cc5)cc4s3)cc2)cc1. The van der Waals surface area contributed by atoms with Crippen LogP contribution in [0, 0.1) is 0 Å². The number of hydrogen-bond acceptors (Lipinski definition) is 10. The maximum Gasteiger partial charge on any atom is 0.119 e. The summed E-state index contributed by atoms with van der Waals surface area (Å²) in [6.45, 7) is 0. The zero-order chi connectivity index (χ0) is 60.7. The number of rotatable bonds is 16. The molecule has 10 aromatic carbocycles. The highest BCUT2D eigenvalue weighted by Crippen LogP contribution is 2.47. The number of aryl methyl sites for hydroxylation is 4. The summed E-state index contributed by atoms with van der Waals surface area (Å²) in [6.07, 6.45) is 3.90. The van der Waals surface area contributed by atoms with Crippen molar-refractivity contribution in [1.29, 1.82) is 0 Å². The van der Waals surface area contributed by atoms with Gasteiger partial charge in [-0.3, -0.25) is 0 Å². The van der Waals surface area contributed by atoms with E-state index in [0.29, 0.717) is 0 Å². The van der Waals surface area contributed by atoms with Gasteiger partial charge in [0.05, 0.1) is 28.4 Å². The summed E-state index contributed by atoms with van der Waals surface area (Å²) < 4.78 is 27.1. The molecule has 6 nitrogen and oxygen atoms in total. The van der Waals surface area contributed by atoms with Crippen LogP contribution < -0.4 is 28.7 Å². The van der Waals surface area contributed by atoms with E-state index >= 15 is 0 Å². The monoisotopic (exact) mass is 1240 g/mol. The molecule has 440 valence electrons. The van der Waals surface area contributed by atoms with Crippen LogP contribution >= 0.6 is 45.3 Å². The fraction of sp³-hybridized carbons (Fsp3) is 0.100. The second-order valence-electron chi connectivity index (χ2n) is 22.6. The van der Waals surface area contributed by atoms with Gasteiger partial charge in [-0.2, -0.15) is 0 Å². The van der Waals surface area contributed by atoms with E-state index in [-0.39, 0.29) is 0 Å². The number of methoxy groups -OCH3 is 4. The lowest BCUT2D eigenvalue weighted by molar-refractivity contribution is 0.414. The zero-order valence-corrected chi connectivity index (χ0v) is 53.5.